The molecular weight excluding hydrogens is 247 g/mol. The van der Waals surface area contributed by atoms with E-state index in [2.05, 4.69) is 0 Å². The summed E-state index contributed by atoms with van der Waals surface area (Å²) in [7, 11) is 0. The average Bonchev–Trinajstić information content (AvgIpc) is 2.12. The number of carbonyl (C=O) groups is 4. The molecule has 93 valence electrons. The first-order valence-electron chi connectivity index (χ1n) is 4.13. The van der Waals surface area contributed by atoms with E-state index < -0.39 is 23.9 Å². The smallest absolute Gasteiger partial charge is 0.303 e. The van der Waals surface area contributed by atoms with Gasteiger partial charge in [0.05, 0.1) is 25.7 Å². The van der Waals surface area contributed by atoms with Crippen molar-refractivity contribution in [2.45, 2.75) is 25.7 Å². The van der Waals surface area contributed by atoms with Crippen LogP contribution >= 0.6 is 0 Å². The molecule has 0 amide bonds. The topological polar surface area (TPSA) is 149 Å². The third-order valence-electron chi connectivity index (χ3n) is 1.11. The Morgan fingerprint density at radius 2 is 0.647 bits per heavy atom. The van der Waals surface area contributed by atoms with Gasteiger partial charge >= 0.3 is 23.9 Å². The third-order valence-corrected chi connectivity index (χ3v) is 1.11. The van der Waals surface area contributed by atoms with Gasteiger partial charge in [-0.05, 0) is 0 Å². The Hall–Kier alpha value is -1.12. The van der Waals surface area contributed by atoms with Crippen LogP contribution in [-0.4, -0.2) is 73.9 Å². The monoisotopic (exact) mass is 259 g/mol. The minimum Gasteiger partial charge on any atom is -0.481 e. The molecule has 1 radical (unpaired) electrons. The largest absolute Gasteiger partial charge is 0.481 e. The van der Waals surface area contributed by atoms with Gasteiger partial charge in [-0.3, -0.25) is 19.2 Å². The van der Waals surface area contributed by atoms with Gasteiger partial charge in [-0.25, -0.2) is 0 Å². The van der Waals surface area contributed by atoms with Crippen LogP contribution in [0.4, 0.5) is 0 Å². The van der Waals surface area contributed by atoms with Crippen LogP contribution < -0.4 is 0 Å². The summed E-state index contributed by atoms with van der Waals surface area (Å²) in [5.74, 6) is -4.31. The fraction of sp³-hybridized carbons (Fsp3) is 0.500. The normalized spacial score (nSPS) is 8.00. The molecule has 0 aliphatic rings. The molecule has 0 saturated carbocycles. The molecule has 0 aromatic rings. The van der Waals surface area contributed by atoms with Crippen molar-refractivity contribution in [3.63, 3.8) is 0 Å². The molecule has 0 aromatic heterocycles. The van der Waals surface area contributed by atoms with Crippen LogP contribution in [0.25, 0.3) is 0 Å². The van der Waals surface area contributed by atoms with E-state index in [9.17, 15) is 19.2 Å². The van der Waals surface area contributed by atoms with E-state index in [-0.39, 0.29) is 55.2 Å². The minimum atomic E-state index is -1.08. The maximum Gasteiger partial charge on any atom is 0.303 e. The van der Waals surface area contributed by atoms with Crippen molar-refractivity contribution < 1.29 is 39.6 Å². The second-order valence-electron chi connectivity index (χ2n) is 2.57. The maximum absolute atomic E-state index is 9.64. The van der Waals surface area contributed by atoms with Gasteiger partial charge in [0, 0.05) is 29.6 Å². The van der Waals surface area contributed by atoms with Crippen LogP contribution in [0.1, 0.15) is 25.7 Å². The van der Waals surface area contributed by atoms with E-state index in [0.29, 0.717) is 0 Å². The van der Waals surface area contributed by atoms with E-state index in [0.717, 1.165) is 0 Å². The molecule has 0 rings (SSSR count). The summed E-state index contributed by atoms with van der Waals surface area (Å²) in [6.07, 6.45) is -1.19. The average molecular weight is 259 g/mol. The van der Waals surface area contributed by atoms with Crippen LogP contribution in [0.2, 0.25) is 0 Å². The molecule has 17 heavy (non-hydrogen) atoms. The molecule has 0 aliphatic heterocycles. The zero-order chi connectivity index (χ0) is 13.1. The predicted molar refractivity (Wildman–Crippen MR) is 54.8 cm³/mol. The molecular formula is C8H12NaO8. The number of rotatable bonds is 6. The quantitative estimate of drug-likeness (QED) is 0.466. The molecule has 0 unspecified atom stereocenters. The Morgan fingerprint density at radius 1 is 0.529 bits per heavy atom. The second kappa shape index (κ2) is 12.9. The molecule has 0 aromatic carbocycles. The second-order valence-corrected chi connectivity index (χ2v) is 2.57. The summed E-state index contributed by atoms with van der Waals surface area (Å²) in [5.41, 5.74) is 0. The van der Waals surface area contributed by atoms with E-state index >= 15 is 0 Å². The minimum absolute atomic E-state index is 0. The van der Waals surface area contributed by atoms with Crippen LogP contribution in [0.5, 0.6) is 0 Å². The first-order valence-corrected chi connectivity index (χ1v) is 4.13. The van der Waals surface area contributed by atoms with Gasteiger partial charge in [0.25, 0.3) is 0 Å². The fourth-order valence-electron chi connectivity index (χ4n) is 0.428. The molecule has 8 nitrogen and oxygen atoms in total. The van der Waals surface area contributed by atoms with Crippen molar-refractivity contribution >= 4 is 53.4 Å². The van der Waals surface area contributed by atoms with Crippen molar-refractivity contribution in [3.05, 3.63) is 0 Å². The summed E-state index contributed by atoms with van der Waals surface area (Å²) in [6, 6.07) is 0. The van der Waals surface area contributed by atoms with Crippen molar-refractivity contribution in [2.75, 3.05) is 0 Å². The number of carboxylic acid groups (broad SMARTS) is 4. The summed E-state index contributed by atoms with van der Waals surface area (Å²) >= 11 is 0. The number of carboxylic acids is 4. The number of aliphatic carboxylic acids is 4. The first-order chi connectivity index (χ1) is 7.25. The molecule has 0 bridgehead atoms. The van der Waals surface area contributed by atoms with Gasteiger partial charge in [-0.15, -0.1) is 0 Å². The Morgan fingerprint density at radius 3 is 0.706 bits per heavy atom. The zero-order valence-electron chi connectivity index (χ0n) is 9.25. The van der Waals surface area contributed by atoms with Crippen molar-refractivity contribution in [3.8, 4) is 0 Å². The van der Waals surface area contributed by atoms with Gasteiger partial charge in [0.1, 0.15) is 0 Å². The molecule has 0 atom stereocenters. The standard InChI is InChI=1S/2C4H6O4.Na/c2*5-3(6)1-2-4(7)8;/h2*1-2H2,(H,5,6)(H,7,8);. The van der Waals surface area contributed by atoms with Gasteiger partial charge in [0.15, 0.2) is 0 Å². The van der Waals surface area contributed by atoms with Gasteiger partial charge in [-0.1, -0.05) is 0 Å². The SMILES string of the molecule is O=C(O)CCC(=O)O.O=C(O)CCC(=O)O.[Na]. The molecule has 9 heteroatoms. The molecule has 0 fully saturated rings. The van der Waals surface area contributed by atoms with E-state index in [1.165, 1.54) is 0 Å². The molecule has 0 heterocycles. The van der Waals surface area contributed by atoms with Crippen LogP contribution in [-0.2, 0) is 19.2 Å². The Labute approximate surface area is 119 Å². The van der Waals surface area contributed by atoms with Crippen molar-refractivity contribution in [2.24, 2.45) is 0 Å². The Balaban J connectivity index is -0.000000218. The molecule has 0 spiro atoms. The Kier molecular flexibility index (Phi) is 16.1. The van der Waals surface area contributed by atoms with Gasteiger partial charge < -0.3 is 20.4 Å². The number of hydrogen-bond acceptors (Lipinski definition) is 4. The van der Waals surface area contributed by atoms with Crippen LogP contribution in [0.15, 0.2) is 0 Å². The Bertz CT molecular complexity index is 219. The van der Waals surface area contributed by atoms with Gasteiger partial charge in [0.2, 0.25) is 0 Å². The van der Waals surface area contributed by atoms with Crippen LogP contribution in [0.3, 0.4) is 0 Å². The third kappa shape index (κ3) is 31.3. The van der Waals surface area contributed by atoms with Gasteiger partial charge in [-0.2, -0.15) is 0 Å². The van der Waals surface area contributed by atoms with Crippen molar-refractivity contribution in [1.29, 1.82) is 0 Å². The van der Waals surface area contributed by atoms with Crippen LogP contribution in [0, 0.1) is 0 Å². The van der Waals surface area contributed by atoms with Crippen molar-refractivity contribution in [1.82, 2.24) is 0 Å². The summed E-state index contributed by atoms with van der Waals surface area (Å²) in [6.45, 7) is 0. The van der Waals surface area contributed by atoms with E-state index in [1.807, 2.05) is 0 Å². The number of hydrogen-bond donors (Lipinski definition) is 4. The summed E-state index contributed by atoms with van der Waals surface area (Å²) in [5, 5.41) is 31.6. The summed E-state index contributed by atoms with van der Waals surface area (Å²) < 4.78 is 0. The van der Waals surface area contributed by atoms with E-state index in [4.69, 9.17) is 20.4 Å². The molecule has 4 N–H and O–H groups in total. The fourth-order valence-corrected chi connectivity index (χ4v) is 0.428. The first kappa shape index (κ1) is 21.2. The zero-order valence-corrected chi connectivity index (χ0v) is 11.3. The summed E-state index contributed by atoms with van der Waals surface area (Å²) in [4.78, 5) is 38.6. The van der Waals surface area contributed by atoms with E-state index in [1.54, 1.807) is 0 Å². The molecule has 0 aliphatic carbocycles. The predicted octanol–water partition coefficient (Wildman–Crippen LogP) is -0.509. The molecule has 0 saturated heterocycles. The maximum atomic E-state index is 9.64.